The molecule has 0 fully saturated rings. The number of aliphatic hydroxyl groups is 1. The fourth-order valence-corrected chi connectivity index (χ4v) is 2.30. The molecule has 0 aliphatic rings. The molecule has 27 heavy (non-hydrogen) atoms. The molecule has 0 radical (unpaired) electrons. The Labute approximate surface area is 160 Å². The summed E-state index contributed by atoms with van der Waals surface area (Å²) in [5, 5.41) is 19.8. The Hall–Kier alpha value is -2.20. The maximum absolute atomic E-state index is 12.2. The quantitative estimate of drug-likeness (QED) is 0.217. The minimum Gasteiger partial charge on any atom is -0.394 e. The summed E-state index contributed by atoms with van der Waals surface area (Å²) in [6, 6.07) is -1.89. The number of hydrogen-bond acceptors (Lipinski definition) is 6. The zero-order chi connectivity index (χ0) is 21.0. The molecule has 0 aromatic heterocycles. The second kappa shape index (κ2) is 12.2. The SMILES string of the molecule is CNC(CCC(=O)NC(CCCNC(N)=O)C(C)=O)C(=O)NC(C)(C)CO. The van der Waals surface area contributed by atoms with Crippen LogP contribution >= 0.6 is 0 Å². The molecule has 0 spiro atoms. The van der Waals surface area contributed by atoms with Gasteiger partial charge in [0, 0.05) is 13.0 Å². The van der Waals surface area contributed by atoms with Crippen LogP contribution in [0.15, 0.2) is 0 Å². The number of amides is 4. The van der Waals surface area contributed by atoms with Crippen LogP contribution in [0, 0.1) is 0 Å². The van der Waals surface area contributed by atoms with Crippen LogP contribution in [0.1, 0.15) is 46.5 Å². The lowest BCUT2D eigenvalue weighted by molar-refractivity contribution is -0.128. The number of carbonyl (C=O) groups excluding carboxylic acids is 4. The number of rotatable bonds is 13. The van der Waals surface area contributed by atoms with Crippen LogP contribution < -0.4 is 27.0 Å². The average molecular weight is 387 g/mol. The highest BCUT2D eigenvalue weighted by atomic mass is 16.3. The number of aliphatic hydroxyl groups excluding tert-OH is 1. The van der Waals surface area contributed by atoms with Gasteiger partial charge in [0.1, 0.15) is 0 Å². The number of ketones is 1. The maximum Gasteiger partial charge on any atom is 0.312 e. The molecule has 2 unspecified atom stereocenters. The van der Waals surface area contributed by atoms with Crippen LogP contribution in [0.25, 0.3) is 0 Å². The number of nitrogens with two attached hydrogens (primary N) is 1. The smallest absolute Gasteiger partial charge is 0.312 e. The molecule has 0 aromatic rings. The van der Waals surface area contributed by atoms with E-state index in [0.717, 1.165) is 0 Å². The first-order valence-corrected chi connectivity index (χ1v) is 8.95. The predicted molar refractivity (Wildman–Crippen MR) is 101 cm³/mol. The summed E-state index contributed by atoms with van der Waals surface area (Å²) in [5.74, 6) is -0.840. The van der Waals surface area contributed by atoms with Crippen molar-refractivity contribution in [3.05, 3.63) is 0 Å². The minimum absolute atomic E-state index is 0.0573. The lowest BCUT2D eigenvalue weighted by atomic mass is 10.0. The van der Waals surface area contributed by atoms with Gasteiger partial charge in [0.15, 0.2) is 5.78 Å². The van der Waals surface area contributed by atoms with E-state index in [2.05, 4.69) is 21.3 Å². The third kappa shape index (κ3) is 11.2. The highest BCUT2D eigenvalue weighted by Gasteiger charge is 2.25. The molecule has 156 valence electrons. The van der Waals surface area contributed by atoms with Gasteiger partial charge in [-0.2, -0.15) is 0 Å². The van der Waals surface area contributed by atoms with Crippen molar-refractivity contribution < 1.29 is 24.3 Å². The zero-order valence-electron chi connectivity index (χ0n) is 16.6. The fourth-order valence-electron chi connectivity index (χ4n) is 2.30. The molecule has 0 saturated heterocycles. The first-order valence-electron chi connectivity index (χ1n) is 8.95. The molecule has 0 aliphatic carbocycles. The van der Waals surface area contributed by atoms with Gasteiger partial charge in [-0.05, 0) is 47.1 Å². The summed E-state index contributed by atoms with van der Waals surface area (Å²) in [5.41, 5.74) is 4.21. The van der Waals surface area contributed by atoms with Crippen LogP contribution in [0.2, 0.25) is 0 Å². The summed E-state index contributed by atoms with van der Waals surface area (Å²) in [7, 11) is 1.61. The monoisotopic (exact) mass is 387 g/mol. The number of likely N-dealkylation sites (N-methyl/N-ethyl adjacent to an activating group) is 1. The van der Waals surface area contributed by atoms with E-state index < -0.39 is 23.7 Å². The molecule has 7 N–H and O–H groups in total. The summed E-state index contributed by atoms with van der Waals surface area (Å²) in [6.45, 7) is 4.87. The van der Waals surface area contributed by atoms with Crippen molar-refractivity contribution in [2.75, 3.05) is 20.2 Å². The average Bonchev–Trinajstić information content (AvgIpc) is 2.57. The van der Waals surface area contributed by atoms with Crippen molar-refractivity contribution in [1.82, 2.24) is 21.3 Å². The molecule has 0 aromatic carbocycles. The van der Waals surface area contributed by atoms with E-state index in [1.165, 1.54) is 6.92 Å². The second-order valence-electron chi connectivity index (χ2n) is 7.08. The summed E-state index contributed by atoms with van der Waals surface area (Å²) in [6.07, 6.45) is 1.17. The van der Waals surface area contributed by atoms with Crippen molar-refractivity contribution in [2.24, 2.45) is 5.73 Å². The molecule has 0 rings (SSSR count). The normalized spacial score (nSPS) is 13.4. The summed E-state index contributed by atoms with van der Waals surface area (Å²) >= 11 is 0. The van der Waals surface area contributed by atoms with Crippen LogP contribution in [-0.2, 0) is 14.4 Å². The van der Waals surface area contributed by atoms with Crippen LogP contribution in [-0.4, -0.2) is 66.6 Å². The summed E-state index contributed by atoms with van der Waals surface area (Å²) in [4.78, 5) is 46.6. The topological polar surface area (TPSA) is 163 Å². The van der Waals surface area contributed by atoms with Crippen molar-refractivity contribution in [1.29, 1.82) is 0 Å². The van der Waals surface area contributed by atoms with Gasteiger partial charge in [-0.15, -0.1) is 0 Å². The van der Waals surface area contributed by atoms with Crippen LogP contribution in [0.5, 0.6) is 0 Å². The maximum atomic E-state index is 12.2. The number of hydrogen-bond donors (Lipinski definition) is 6. The van der Waals surface area contributed by atoms with Gasteiger partial charge in [0.05, 0.1) is 24.2 Å². The standard InChI is InChI=1S/C17H33N5O5/c1-11(24)12(6-5-9-20-16(18)27)21-14(25)8-7-13(19-4)15(26)22-17(2,3)10-23/h12-13,19,23H,5-10H2,1-4H3,(H,21,25)(H,22,26)(H3,18,20,27). The number of nitrogens with one attached hydrogen (secondary N) is 4. The lowest BCUT2D eigenvalue weighted by Crippen LogP contribution is -2.53. The number of primary amides is 1. The first-order chi connectivity index (χ1) is 12.5. The lowest BCUT2D eigenvalue weighted by Gasteiger charge is -2.26. The number of Topliss-reactive ketones (excluding diaryl/α,β-unsaturated/α-hetero) is 1. The largest absolute Gasteiger partial charge is 0.394 e. The van der Waals surface area contributed by atoms with E-state index in [1.807, 2.05) is 0 Å². The van der Waals surface area contributed by atoms with E-state index >= 15 is 0 Å². The molecule has 2 atom stereocenters. The highest BCUT2D eigenvalue weighted by Crippen LogP contribution is 2.05. The van der Waals surface area contributed by atoms with Crippen molar-refractivity contribution in [3.63, 3.8) is 0 Å². The molecular weight excluding hydrogens is 354 g/mol. The van der Waals surface area contributed by atoms with Gasteiger partial charge in [-0.3, -0.25) is 14.4 Å². The van der Waals surface area contributed by atoms with Crippen LogP contribution in [0.4, 0.5) is 4.79 Å². The summed E-state index contributed by atoms with van der Waals surface area (Å²) < 4.78 is 0. The Kier molecular flexibility index (Phi) is 11.2. The Bertz CT molecular complexity index is 524. The Morgan fingerprint density at radius 1 is 1.11 bits per heavy atom. The molecule has 4 amide bonds. The molecule has 0 bridgehead atoms. The van der Waals surface area contributed by atoms with Crippen molar-refractivity contribution in [2.45, 2.75) is 64.1 Å². The predicted octanol–water partition coefficient (Wildman–Crippen LogP) is -1.24. The molecule has 0 aliphatic heterocycles. The molecular formula is C17H33N5O5. The van der Waals surface area contributed by atoms with Crippen LogP contribution in [0.3, 0.4) is 0 Å². The Morgan fingerprint density at radius 2 is 1.74 bits per heavy atom. The van der Waals surface area contributed by atoms with E-state index in [-0.39, 0.29) is 37.0 Å². The molecule has 0 saturated carbocycles. The van der Waals surface area contributed by atoms with Gasteiger partial charge in [0.25, 0.3) is 0 Å². The van der Waals surface area contributed by atoms with Gasteiger partial charge in [-0.25, -0.2) is 4.79 Å². The first kappa shape index (κ1) is 24.8. The van der Waals surface area contributed by atoms with Gasteiger partial charge in [0.2, 0.25) is 11.8 Å². The molecule has 10 heteroatoms. The number of urea groups is 1. The minimum atomic E-state index is -0.757. The fraction of sp³-hybridized carbons (Fsp3) is 0.765. The van der Waals surface area contributed by atoms with E-state index in [9.17, 15) is 24.3 Å². The van der Waals surface area contributed by atoms with E-state index in [1.54, 1.807) is 20.9 Å². The number of carbonyl (C=O) groups is 4. The molecule has 0 heterocycles. The van der Waals surface area contributed by atoms with E-state index in [0.29, 0.717) is 19.4 Å². The van der Waals surface area contributed by atoms with Crippen molar-refractivity contribution >= 4 is 23.6 Å². The highest BCUT2D eigenvalue weighted by molar-refractivity contribution is 5.88. The van der Waals surface area contributed by atoms with E-state index in [4.69, 9.17) is 5.73 Å². The zero-order valence-corrected chi connectivity index (χ0v) is 16.6. The third-order valence-electron chi connectivity index (χ3n) is 3.98. The second-order valence-corrected chi connectivity index (χ2v) is 7.08. The van der Waals surface area contributed by atoms with Gasteiger partial charge < -0.3 is 32.1 Å². The third-order valence-corrected chi connectivity index (χ3v) is 3.98. The Morgan fingerprint density at radius 3 is 2.22 bits per heavy atom. The Balaban J connectivity index is 4.47. The molecule has 10 nitrogen and oxygen atoms in total. The van der Waals surface area contributed by atoms with Crippen molar-refractivity contribution in [3.8, 4) is 0 Å². The van der Waals surface area contributed by atoms with Gasteiger partial charge in [-0.1, -0.05) is 0 Å². The van der Waals surface area contributed by atoms with Gasteiger partial charge >= 0.3 is 6.03 Å².